The van der Waals surface area contributed by atoms with Crippen molar-refractivity contribution in [3.63, 3.8) is 0 Å². The number of amides is 1. The first-order valence-corrected chi connectivity index (χ1v) is 15.8. The van der Waals surface area contributed by atoms with Crippen LogP contribution < -0.4 is 5.32 Å². The second-order valence-electron chi connectivity index (χ2n) is 12.3. The van der Waals surface area contributed by atoms with Gasteiger partial charge in [0.15, 0.2) is 0 Å². The van der Waals surface area contributed by atoms with E-state index in [9.17, 15) is 9.90 Å². The molecule has 2 atom stereocenters. The van der Waals surface area contributed by atoms with Crippen molar-refractivity contribution in [1.29, 1.82) is 0 Å². The van der Waals surface area contributed by atoms with E-state index in [0.29, 0.717) is 5.92 Å². The lowest BCUT2D eigenvalue weighted by Gasteiger charge is -2.28. The first kappa shape index (κ1) is 27.8. The first-order valence-electron chi connectivity index (χ1n) is 15.8. The third kappa shape index (κ3) is 5.85. The molecule has 1 heterocycles. The minimum atomic E-state index is -0.395. The Labute approximate surface area is 244 Å². The average molecular weight is 549 g/mol. The second-order valence-corrected chi connectivity index (χ2v) is 12.3. The smallest absolute Gasteiger partial charge is 0.228 e. The van der Waals surface area contributed by atoms with Crippen LogP contribution in [-0.2, 0) is 24.2 Å². The lowest BCUT2D eigenvalue weighted by atomic mass is 9.80. The molecule has 2 aliphatic rings. The molecule has 0 radical (unpaired) electrons. The SMILES string of the molecule is Cc1cccc2c1c1c(n2Cc2ccc(C(C(=O)N[C@@H](CO)c3ccccc3)C3CCCCCC3)cc2)CCCC1. The highest BCUT2D eigenvalue weighted by molar-refractivity contribution is 5.89. The van der Waals surface area contributed by atoms with Crippen LogP contribution in [-0.4, -0.2) is 22.2 Å². The van der Waals surface area contributed by atoms with Crippen molar-refractivity contribution in [1.82, 2.24) is 9.88 Å². The van der Waals surface area contributed by atoms with Gasteiger partial charge in [0.1, 0.15) is 0 Å². The third-order valence-corrected chi connectivity index (χ3v) is 9.64. The van der Waals surface area contributed by atoms with Crippen LogP contribution in [0.2, 0.25) is 0 Å². The maximum atomic E-state index is 14.0. The number of nitrogens with one attached hydrogen (secondary N) is 1. The topological polar surface area (TPSA) is 54.3 Å². The van der Waals surface area contributed by atoms with E-state index in [1.807, 2.05) is 30.3 Å². The van der Waals surface area contributed by atoms with Gasteiger partial charge in [-0.2, -0.15) is 0 Å². The van der Waals surface area contributed by atoms with Crippen molar-refractivity contribution in [3.05, 3.63) is 106 Å². The van der Waals surface area contributed by atoms with Crippen LogP contribution in [0.3, 0.4) is 0 Å². The number of hydrogen-bond donors (Lipinski definition) is 2. The average Bonchev–Trinajstić information content (AvgIpc) is 3.13. The fraction of sp³-hybridized carbons (Fsp3) is 0.432. The highest BCUT2D eigenvalue weighted by Crippen LogP contribution is 2.37. The summed E-state index contributed by atoms with van der Waals surface area (Å²) in [5, 5.41) is 14.8. The molecule has 3 aromatic carbocycles. The molecular weight excluding hydrogens is 504 g/mol. The van der Waals surface area contributed by atoms with Gasteiger partial charge in [-0.25, -0.2) is 0 Å². The predicted molar refractivity (Wildman–Crippen MR) is 167 cm³/mol. The molecule has 2 N–H and O–H groups in total. The zero-order valence-electron chi connectivity index (χ0n) is 24.4. The zero-order valence-corrected chi connectivity index (χ0v) is 24.4. The summed E-state index contributed by atoms with van der Waals surface area (Å²) in [5.41, 5.74) is 9.11. The van der Waals surface area contributed by atoms with E-state index in [-0.39, 0.29) is 18.4 Å². The summed E-state index contributed by atoms with van der Waals surface area (Å²) in [7, 11) is 0. The van der Waals surface area contributed by atoms with E-state index in [2.05, 4.69) is 59.3 Å². The van der Waals surface area contributed by atoms with Crippen molar-refractivity contribution < 1.29 is 9.90 Å². The number of hydrogen-bond acceptors (Lipinski definition) is 2. The molecule has 2 aliphatic carbocycles. The Kier molecular flexibility index (Phi) is 8.57. The number of aliphatic hydroxyl groups excluding tert-OH is 1. The molecule has 1 amide bonds. The van der Waals surface area contributed by atoms with Crippen LogP contribution >= 0.6 is 0 Å². The zero-order chi connectivity index (χ0) is 28.2. The molecule has 1 aromatic heterocycles. The Bertz CT molecular complexity index is 1460. The van der Waals surface area contributed by atoms with Crippen LogP contribution in [0.25, 0.3) is 10.9 Å². The van der Waals surface area contributed by atoms with Crippen molar-refractivity contribution in [3.8, 4) is 0 Å². The molecule has 4 aromatic rings. The number of nitrogens with zero attached hydrogens (tertiary/aromatic N) is 1. The van der Waals surface area contributed by atoms with Crippen molar-refractivity contribution in [2.75, 3.05) is 6.61 Å². The second kappa shape index (κ2) is 12.7. The van der Waals surface area contributed by atoms with Gasteiger partial charge in [0.2, 0.25) is 5.91 Å². The molecule has 4 heteroatoms. The Morgan fingerprint density at radius 2 is 1.59 bits per heavy atom. The first-order chi connectivity index (χ1) is 20.1. The lowest BCUT2D eigenvalue weighted by molar-refractivity contribution is -0.125. The Balaban J connectivity index is 1.28. The standard InChI is InChI=1S/C37H44N2O2/c1-26-12-11-19-34-35(26)31-17-9-10-18-33(31)39(34)24-27-20-22-30(23-21-27)36(29-15-5-2-3-6-16-29)37(41)38-32(25-40)28-13-7-4-8-14-28/h4,7-8,11-14,19-23,29,32,36,40H,2-3,5-6,9-10,15-18,24-25H2,1H3,(H,38,41)/t32-,36?/m0/s1. The maximum Gasteiger partial charge on any atom is 0.228 e. The quantitative estimate of drug-likeness (QED) is 0.221. The number of aromatic nitrogens is 1. The monoisotopic (exact) mass is 548 g/mol. The normalized spacial score (nSPS) is 17.5. The molecule has 1 fully saturated rings. The molecule has 41 heavy (non-hydrogen) atoms. The number of carbonyl (C=O) groups is 1. The summed E-state index contributed by atoms with van der Waals surface area (Å²) in [6.07, 6.45) is 11.9. The van der Waals surface area contributed by atoms with Crippen LogP contribution in [0.15, 0.2) is 72.8 Å². The number of benzene rings is 3. The fourth-order valence-corrected chi connectivity index (χ4v) is 7.53. The molecule has 1 saturated carbocycles. The van der Waals surface area contributed by atoms with Gasteiger partial charge in [0.25, 0.3) is 0 Å². The van der Waals surface area contributed by atoms with E-state index in [0.717, 1.165) is 36.9 Å². The Hall–Kier alpha value is -3.37. The van der Waals surface area contributed by atoms with Gasteiger partial charge in [-0.1, -0.05) is 92.4 Å². The van der Waals surface area contributed by atoms with Gasteiger partial charge in [0, 0.05) is 23.1 Å². The molecule has 0 bridgehead atoms. The molecule has 6 rings (SSSR count). The number of rotatable bonds is 8. The highest BCUT2D eigenvalue weighted by atomic mass is 16.3. The van der Waals surface area contributed by atoms with Gasteiger partial charge in [-0.3, -0.25) is 4.79 Å². The van der Waals surface area contributed by atoms with Crippen LogP contribution in [0.5, 0.6) is 0 Å². The summed E-state index contributed by atoms with van der Waals surface area (Å²) in [5.74, 6) is 0.151. The van der Waals surface area contributed by atoms with E-state index >= 15 is 0 Å². The fourth-order valence-electron chi connectivity index (χ4n) is 7.53. The van der Waals surface area contributed by atoms with Crippen molar-refractivity contribution >= 4 is 16.8 Å². The largest absolute Gasteiger partial charge is 0.394 e. The van der Waals surface area contributed by atoms with E-state index in [4.69, 9.17) is 0 Å². The maximum absolute atomic E-state index is 14.0. The van der Waals surface area contributed by atoms with E-state index < -0.39 is 6.04 Å². The van der Waals surface area contributed by atoms with E-state index in [1.54, 1.807) is 5.56 Å². The highest BCUT2D eigenvalue weighted by Gasteiger charge is 2.32. The predicted octanol–water partition coefficient (Wildman–Crippen LogP) is 7.78. The molecule has 0 saturated heterocycles. The summed E-state index contributed by atoms with van der Waals surface area (Å²) in [6, 6.07) is 25.0. The summed E-state index contributed by atoms with van der Waals surface area (Å²) >= 11 is 0. The van der Waals surface area contributed by atoms with Gasteiger partial charge in [-0.05, 0) is 85.3 Å². The molecule has 4 nitrogen and oxygen atoms in total. The molecule has 214 valence electrons. The van der Waals surface area contributed by atoms with Crippen molar-refractivity contribution in [2.45, 2.75) is 89.6 Å². The van der Waals surface area contributed by atoms with Gasteiger partial charge < -0.3 is 15.0 Å². The van der Waals surface area contributed by atoms with Gasteiger partial charge >= 0.3 is 0 Å². The summed E-state index contributed by atoms with van der Waals surface area (Å²) in [6.45, 7) is 2.99. The Morgan fingerprint density at radius 3 is 2.32 bits per heavy atom. The molecule has 0 spiro atoms. The lowest BCUT2D eigenvalue weighted by Crippen LogP contribution is -2.37. The van der Waals surface area contributed by atoms with Crippen molar-refractivity contribution in [2.24, 2.45) is 5.92 Å². The number of fused-ring (bicyclic) bond motifs is 3. The number of aliphatic hydroxyl groups is 1. The molecule has 0 aliphatic heterocycles. The van der Waals surface area contributed by atoms with Crippen LogP contribution in [0, 0.1) is 12.8 Å². The number of aryl methyl sites for hydroxylation is 2. The van der Waals surface area contributed by atoms with Crippen LogP contribution in [0.1, 0.15) is 96.8 Å². The number of carbonyl (C=O) groups excluding carboxylic acids is 1. The van der Waals surface area contributed by atoms with Crippen LogP contribution in [0.4, 0.5) is 0 Å². The summed E-state index contributed by atoms with van der Waals surface area (Å²) in [4.78, 5) is 14.0. The molecular formula is C37H44N2O2. The minimum Gasteiger partial charge on any atom is -0.394 e. The van der Waals surface area contributed by atoms with Gasteiger partial charge in [0.05, 0.1) is 18.6 Å². The van der Waals surface area contributed by atoms with E-state index in [1.165, 1.54) is 72.7 Å². The summed E-state index contributed by atoms with van der Waals surface area (Å²) < 4.78 is 2.55. The van der Waals surface area contributed by atoms with Gasteiger partial charge in [-0.15, -0.1) is 0 Å². The third-order valence-electron chi connectivity index (χ3n) is 9.64. The minimum absolute atomic E-state index is 0.0356. The Morgan fingerprint density at radius 1 is 0.854 bits per heavy atom. The molecule has 1 unspecified atom stereocenters.